The highest BCUT2D eigenvalue weighted by molar-refractivity contribution is 7.80. The number of thiocarbonyl (C=S) groups is 2. The molecule has 3 atom stereocenters. The fourth-order valence-electron chi connectivity index (χ4n) is 2.33. The zero-order valence-corrected chi connectivity index (χ0v) is 17.3. The summed E-state index contributed by atoms with van der Waals surface area (Å²) in [4.78, 5) is 12.2. The van der Waals surface area contributed by atoms with E-state index in [-0.39, 0.29) is 24.7 Å². The van der Waals surface area contributed by atoms with Gasteiger partial charge in [-0.1, -0.05) is 24.4 Å². The predicted molar refractivity (Wildman–Crippen MR) is 108 cm³/mol. The number of rotatable bonds is 14. The molecule has 3 N–H and O–H groups in total. The quantitative estimate of drug-likeness (QED) is 0.389. The number of hydrogen-bond acceptors (Lipinski definition) is 5. The van der Waals surface area contributed by atoms with Crippen LogP contribution in [0.2, 0.25) is 0 Å². The molecule has 0 aromatic heterocycles. The van der Waals surface area contributed by atoms with Gasteiger partial charge >= 0.3 is 5.97 Å². The van der Waals surface area contributed by atoms with E-state index < -0.39 is 5.97 Å². The molecule has 0 fully saturated rings. The van der Waals surface area contributed by atoms with Crippen LogP contribution in [0.15, 0.2) is 0 Å². The Morgan fingerprint density at radius 2 is 1.56 bits per heavy atom. The fraction of sp³-hybridized carbons (Fsp3) is 0.824. The molecule has 0 aliphatic heterocycles. The Morgan fingerprint density at radius 3 is 2.04 bits per heavy atom. The largest absolute Gasteiger partial charge is 0.481 e. The van der Waals surface area contributed by atoms with Crippen LogP contribution in [-0.2, 0) is 14.3 Å². The number of nitrogens with one attached hydrogen (secondary N) is 2. The number of carboxylic acid groups (broad SMARTS) is 1. The van der Waals surface area contributed by atoms with E-state index in [2.05, 4.69) is 10.6 Å². The van der Waals surface area contributed by atoms with Gasteiger partial charge in [-0.3, -0.25) is 4.79 Å². The average molecular weight is 393 g/mol. The van der Waals surface area contributed by atoms with Crippen LogP contribution in [-0.4, -0.2) is 59.1 Å². The van der Waals surface area contributed by atoms with E-state index in [0.29, 0.717) is 49.0 Å². The number of aliphatic carboxylic acids is 1. The van der Waals surface area contributed by atoms with Crippen molar-refractivity contribution in [1.29, 1.82) is 0 Å². The van der Waals surface area contributed by atoms with E-state index in [1.54, 1.807) is 0 Å². The molecule has 146 valence electrons. The maximum absolute atomic E-state index is 10.9. The SMILES string of the molecule is CCO[C@@H](C)CC(=S)NCC(CCC(=O)O)NC(=S)C[C@H](C)OCC. The van der Waals surface area contributed by atoms with Crippen molar-refractivity contribution >= 4 is 40.4 Å². The molecule has 0 amide bonds. The standard InChI is InChI=1S/C17H32N2O4S2/c1-5-22-12(3)9-15(24)18-11-14(7-8-17(20)21)19-16(25)10-13(4)23-6-2/h12-14H,5-11H2,1-4H3,(H,18,24)(H,19,25)(H,20,21)/t12-,13-,14?/m0/s1. The number of carboxylic acids is 1. The van der Waals surface area contributed by atoms with E-state index in [9.17, 15) is 4.79 Å². The Morgan fingerprint density at radius 1 is 1.04 bits per heavy atom. The fourth-order valence-corrected chi connectivity index (χ4v) is 3.05. The molecule has 0 rings (SSSR count). The summed E-state index contributed by atoms with van der Waals surface area (Å²) in [6, 6.07) is -0.0993. The van der Waals surface area contributed by atoms with Crippen molar-refractivity contribution in [3.63, 3.8) is 0 Å². The van der Waals surface area contributed by atoms with E-state index in [4.69, 9.17) is 39.0 Å². The first-order valence-corrected chi connectivity index (χ1v) is 9.61. The molecule has 0 spiro atoms. The Balaban J connectivity index is 4.43. The lowest BCUT2D eigenvalue weighted by Gasteiger charge is -2.23. The van der Waals surface area contributed by atoms with Crippen LogP contribution in [0.5, 0.6) is 0 Å². The molecule has 0 aliphatic carbocycles. The van der Waals surface area contributed by atoms with Crippen molar-refractivity contribution < 1.29 is 19.4 Å². The Labute approximate surface area is 162 Å². The van der Waals surface area contributed by atoms with Crippen LogP contribution in [0.4, 0.5) is 0 Å². The zero-order chi connectivity index (χ0) is 19.2. The van der Waals surface area contributed by atoms with Crippen molar-refractivity contribution in [2.45, 2.75) is 71.6 Å². The molecule has 0 bridgehead atoms. The monoisotopic (exact) mass is 392 g/mol. The van der Waals surface area contributed by atoms with Crippen LogP contribution < -0.4 is 10.6 Å². The maximum Gasteiger partial charge on any atom is 0.303 e. The van der Waals surface area contributed by atoms with Gasteiger partial charge in [-0.2, -0.15) is 0 Å². The number of hydrogen-bond donors (Lipinski definition) is 3. The molecule has 1 unspecified atom stereocenters. The zero-order valence-electron chi connectivity index (χ0n) is 15.7. The number of carbonyl (C=O) groups is 1. The lowest BCUT2D eigenvalue weighted by atomic mass is 10.1. The van der Waals surface area contributed by atoms with Crippen LogP contribution in [0, 0.1) is 0 Å². The summed E-state index contributed by atoms with van der Waals surface area (Å²) in [7, 11) is 0. The van der Waals surface area contributed by atoms with Gasteiger partial charge in [0.15, 0.2) is 0 Å². The second-order valence-electron chi connectivity index (χ2n) is 5.94. The van der Waals surface area contributed by atoms with Gasteiger partial charge in [-0.25, -0.2) is 0 Å². The molecule has 0 saturated carbocycles. The van der Waals surface area contributed by atoms with Crippen molar-refractivity contribution in [2.24, 2.45) is 0 Å². The normalized spacial score (nSPS) is 14.4. The topological polar surface area (TPSA) is 79.8 Å². The summed E-state index contributed by atoms with van der Waals surface area (Å²) in [5.41, 5.74) is 0. The third kappa shape index (κ3) is 14.1. The van der Waals surface area contributed by atoms with Crippen LogP contribution in [0.3, 0.4) is 0 Å². The molecular weight excluding hydrogens is 360 g/mol. The minimum absolute atomic E-state index is 0.0335. The van der Waals surface area contributed by atoms with E-state index in [1.807, 2.05) is 27.7 Å². The predicted octanol–water partition coefficient (Wildman–Crippen LogP) is 2.68. The first-order valence-electron chi connectivity index (χ1n) is 8.79. The minimum Gasteiger partial charge on any atom is -0.481 e. The smallest absolute Gasteiger partial charge is 0.303 e. The maximum atomic E-state index is 10.9. The Kier molecular flexibility index (Phi) is 13.9. The van der Waals surface area contributed by atoms with E-state index >= 15 is 0 Å². The Hall–Kier alpha value is -0.830. The van der Waals surface area contributed by atoms with Crippen molar-refractivity contribution in [1.82, 2.24) is 10.6 Å². The molecule has 6 nitrogen and oxygen atoms in total. The summed E-state index contributed by atoms with van der Waals surface area (Å²) in [5.74, 6) is -0.826. The molecule has 0 saturated heterocycles. The molecule has 0 heterocycles. The molecule has 25 heavy (non-hydrogen) atoms. The third-order valence-corrected chi connectivity index (χ3v) is 4.06. The molecule has 0 radical (unpaired) electrons. The lowest BCUT2D eigenvalue weighted by molar-refractivity contribution is -0.137. The summed E-state index contributed by atoms with van der Waals surface area (Å²) >= 11 is 10.7. The molecule has 0 aliphatic rings. The third-order valence-electron chi connectivity index (χ3n) is 3.47. The minimum atomic E-state index is -0.826. The summed E-state index contributed by atoms with van der Waals surface area (Å²) in [5, 5.41) is 15.3. The lowest BCUT2D eigenvalue weighted by Crippen LogP contribution is -2.44. The van der Waals surface area contributed by atoms with Gasteiger partial charge in [0, 0.05) is 45.1 Å². The van der Waals surface area contributed by atoms with Crippen molar-refractivity contribution in [2.75, 3.05) is 19.8 Å². The van der Waals surface area contributed by atoms with E-state index in [0.717, 1.165) is 0 Å². The van der Waals surface area contributed by atoms with E-state index in [1.165, 1.54) is 0 Å². The van der Waals surface area contributed by atoms with Crippen molar-refractivity contribution in [3.05, 3.63) is 0 Å². The van der Waals surface area contributed by atoms with Gasteiger partial charge in [-0.05, 0) is 34.1 Å². The second-order valence-corrected chi connectivity index (χ2v) is 6.93. The van der Waals surface area contributed by atoms with Crippen LogP contribution in [0.25, 0.3) is 0 Å². The highest BCUT2D eigenvalue weighted by Crippen LogP contribution is 2.04. The average Bonchev–Trinajstić information content (AvgIpc) is 2.50. The van der Waals surface area contributed by atoms with Gasteiger partial charge in [0.2, 0.25) is 0 Å². The summed E-state index contributed by atoms with van der Waals surface area (Å²) < 4.78 is 11.0. The summed E-state index contributed by atoms with van der Waals surface area (Å²) in [6.45, 7) is 9.64. The highest BCUT2D eigenvalue weighted by Gasteiger charge is 2.15. The van der Waals surface area contributed by atoms with Gasteiger partial charge in [0.05, 0.1) is 22.2 Å². The molecular formula is C17H32N2O4S2. The Bertz CT molecular complexity index is 421. The van der Waals surface area contributed by atoms with Crippen LogP contribution in [0.1, 0.15) is 53.4 Å². The molecule has 0 aromatic carbocycles. The first kappa shape index (κ1) is 24.2. The first-order chi connectivity index (χ1) is 11.8. The van der Waals surface area contributed by atoms with Gasteiger partial charge < -0.3 is 25.2 Å². The van der Waals surface area contributed by atoms with Gasteiger partial charge in [-0.15, -0.1) is 0 Å². The van der Waals surface area contributed by atoms with Crippen molar-refractivity contribution in [3.8, 4) is 0 Å². The van der Waals surface area contributed by atoms with Crippen LogP contribution >= 0.6 is 24.4 Å². The highest BCUT2D eigenvalue weighted by atomic mass is 32.1. The molecule has 0 aromatic rings. The second kappa shape index (κ2) is 14.4. The van der Waals surface area contributed by atoms with Gasteiger partial charge in [0.1, 0.15) is 0 Å². The summed E-state index contributed by atoms with van der Waals surface area (Å²) in [6.07, 6.45) is 1.88. The number of ether oxygens (including phenoxy) is 2. The molecule has 8 heteroatoms. The van der Waals surface area contributed by atoms with Gasteiger partial charge in [0.25, 0.3) is 0 Å².